The molecule has 0 amide bonds. The summed E-state index contributed by atoms with van der Waals surface area (Å²) in [6, 6.07) is 14.5. The van der Waals surface area contributed by atoms with Gasteiger partial charge in [-0.1, -0.05) is 37.3 Å². The highest BCUT2D eigenvalue weighted by Gasteiger charge is 2.11. The number of para-hydroxylation sites is 1. The number of guanidine groups is 1. The molecule has 2 aromatic carbocycles. The van der Waals surface area contributed by atoms with E-state index in [4.69, 9.17) is 4.74 Å². The Morgan fingerprint density at radius 3 is 2.67 bits per heavy atom. The van der Waals surface area contributed by atoms with Crippen molar-refractivity contribution in [1.29, 1.82) is 0 Å². The topological polar surface area (TPSA) is 45.7 Å². The van der Waals surface area contributed by atoms with E-state index in [1.54, 1.807) is 20.2 Å². The lowest BCUT2D eigenvalue weighted by molar-refractivity contribution is 0.406. The van der Waals surface area contributed by atoms with E-state index in [2.05, 4.69) is 28.6 Å². The molecule has 0 fully saturated rings. The Morgan fingerprint density at radius 1 is 1.17 bits per heavy atom. The number of hydrogen-bond donors (Lipinski definition) is 2. The third-order valence-corrected chi connectivity index (χ3v) is 3.82. The van der Waals surface area contributed by atoms with Crippen molar-refractivity contribution < 1.29 is 9.13 Å². The zero-order valence-electron chi connectivity index (χ0n) is 14.3. The minimum atomic E-state index is -0.234. The van der Waals surface area contributed by atoms with Crippen molar-refractivity contribution in [3.05, 3.63) is 65.5 Å². The summed E-state index contributed by atoms with van der Waals surface area (Å²) < 4.78 is 18.6. The van der Waals surface area contributed by atoms with E-state index >= 15 is 0 Å². The molecule has 2 aromatic rings. The van der Waals surface area contributed by atoms with Crippen LogP contribution in [0.25, 0.3) is 0 Å². The number of nitrogens with one attached hydrogen (secondary N) is 2. The molecule has 24 heavy (non-hydrogen) atoms. The van der Waals surface area contributed by atoms with Crippen molar-refractivity contribution >= 4 is 5.96 Å². The maximum atomic E-state index is 13.2. The molecular formula is C19H24FN3O. The van der Waals surface area contributed by atoms with Crippen molar-refractivity contribution in [3.8, 4) is 5.75 Å². The van der Waals surface area contributed by atoms with Crippen LogP contribution in [0.3, 0.4) is 0 Å². The van der Waals surface area contributed by atoms with Crippen molar-refractivity contribution in [2.24, 2.45) is 4.99 Å². The number of aliphatic imine (C=N–C) groups is 1. The van der Waals surface area contributed by atoms with Gasteiger partial charge in [0.15, 0.2) is 5.96 Å². The number of methoxy groups -OCH3 is 1. The predicted molar refractivity (Wildman–Crippen MR) is 96.0 cm³/mol. The highest BCUT2D eigenvalue weighted by atomic mass is 19.1. The smallest absolute Gasteiger partial charge is 0.191 e. The van der Waals surface area contributed by atoms with Gasteiger partial charge < -0.3 is 15.4 Å². The van der Waals surface area contributed by atoms with Crippen molar-refractivity contribution in [1.82, 2.24) is 10.6 Å². The predicted octanol–water partition coefficient (Wildman–Crippen LogP) is 3.30. The molecule has 128 valence electrons. The molecule has 1 unspecified atom stereocenters. The average molecular weight is 329 g/mol. The van der Waals surface area contributed by atoms with Gasteiger partial charge >= 0.3 is 0 Å². The first-order chi connectivity index (χ1) is 11.6. The molecule has 0 bridgehead atoms. The van der Waals surface area contributed by atoms with E-state index in [-0.39, 0.29) is 11.7 Å². The second-order valence-electron chi connectivity index (χ2n) is 5.58. The van der Waals surface area contributed by atoms with Gasteiger partial charge in [0.2, 0.25) is 0 Å². The normalized spacial score (nSPS) is 12.6. The van der Waals surface area contributed by atoms with Crippen LogP contribution >= 0.6 is 0 Å². The highest BCUT2D eigenvalue weighted by molar-refractivity contribution is 5.79. The van der Waals surface area contributed by atoms with E-state index in [0.29, 0.717) is 19.0 Å². The summed E-state index contributed by atoms with van der Waals surface area (Å²) in [5, 5.41) is 6.48. The molecule has 0 heterocycles. The molecule has 0 aliphatic rings. The molecule has 1 atom stereocenters. The largest absolute Gasteiger partial charge is 0.496 e. The maximum Gasteiger partial charge on any atom is 0.191 e. The van der Waals surface area contributed by atoms with Crippen LogP contribution < -0.4 is 15.4 Å². The fourth-order valence-corrected chi connectivity index (χ4v) is 2.49. The number of nitrogens with zero attached hydrogens (tertiary/aromatic N) is 1. The Labute approximate surface area is 142 Å². The molecule has 0 saturated heterocycles. The van der Waals surface area contributed by atoms with Gasteiger partial charge in [-0.05, 0) is 29.3 Å². The summed E-state index contributed by atoms with van der Waals surface area (Å²) >= 11 is 0. The molecule has 2 rings (SSSR count). The van der Waals surface area contributed by atoms with Crippen LogP contribution in [0.1, 0.15) is 24.0 Å². The minimum Gasteiger partial charge on any atom is -0.496 e. The second-order valence-corrected chi connectivity index (χ2v) is 5.58. The Morgan fingerprint density at radius 2 is 1.96 bits per heavy atom. The van der Waals surface area contributed by atoms with Gasteiger partial charge in [-0.15, -0.1) is 0 Å². The molecule has 0 aromatic heterocycles. The third-order valence-electron chi connectivity index (χ3n) is 3.82. The molecule has 0 saturated carbocycles. The van der Waals surface area contributed by atoms with Gasteiger partial charge in [-0.25, -0.2) is 4.39 Å². The lowest BCUT2D eigenvalue weighted by atomic mass is 10.0. The SMILES string of the molecule is CN=C(NCc1cccc(F)c1)NCC(C)c1ccccc1OC. The minimum absolute atomic E-state index is 0.234. The lowest BCUT2D eigenvalue weighted by Crippen LogP contribution is -2.38. The van der Waals surface area contributed by atoms with Gasteiger partial charge in [-0.2, -0.15) is 0 Å². The quantitative estimate of drug-likeness (QED) is 0.631. The first kappa shape index (κ1) is 17.8. The zero-order valence-corrected chi connectivity index (χ0v) is 14.3. The molecule has 0 aliphatic carbocycles. The van der Waals surface area contributed by atoms with Gasteiger partial charge in [-0.3, -0.25) is 4.99 Å². The first-order valence-corrected chi connectivity index (χ1v) is 7.96. The number of rotatable bonds is 6. The molecule has 0 spiro atoms. The van der Waals surface area contributed by atoms with E-state index in [1.165, 1.54) is 12.1 Å². The first-order valence-electron chi connectivity index (χ1n) is 7.96. The maximum absolute atomic E-state index is 13.2. The van der Waals surface area contributed by atoms with Crippen LogP contribution in [0.4, 0.5) is 4.39 Å². The van der Waals surface area contributed by atoms with Gasteiger partial charge in [0.25, 0.3) is 0 Å². The van der Waals surface area contributed by atoms with Crippen molar-refractivity contribution in [2.45, 2.75) is 19.4 Å². The molecule has 4 nitrogen and oxygen atoms in total. The summed E-state index contributed by atoms with van der Waals surface area (Å²) in [5.74, 6) is 1.59. The van der Waals surface area contributed by atoms with Gasteiger partial charge in [0, 0.05) is 26.1 Å². The fourth-order valence-electron chi connectivity index (χ4n) is 2.49. The van der Waals surface area contributed by atoms with E-state index in [1.807, 2.05) is 24.3 Å². The zero-order chi connectivity index (χ0) is 17.4. The van der Waals surface area contributed by atoms with Crippen molar-refractivity contribution in [3.63, 3.8) is 0 Å². The van der Waals surface area contributed by atoms with Crippen LogP contribution in [-0.2, 0) is 6.54 Å². The van der Waals surface area contributed by atoms with E-state index in [0.717, 1.165) is 16.9 Å². The Hall–Kier alpha value is -2.56. The monoisotopic (exact) mass is 329 g/mol. The summed E-state index contributed by atoms with van der Waals surface area (Å²) in [6.07, 6.45) is 0. The number of hydrogen-bond acceptors (Lipinski definition) is 2. The fraction of sp³-hybridized carbons (Fsp3) is 0.316. The van der Waals surface area contributed by atoms with Crippen LogP contribution in [0.15, 0.2) is 53.5 Å². The van der Waals surface area contributed by atoms with Crippen LogP contribution in [0, 0.1) is 5.82 Å². The molecule has 0 radical (unpaired) electrons. The molecule has 2 N–H and O–H groups in total. The second kappa shape index (κ2) is 8.91. The summed E-state index contributed by atoms with van der Waals surface area (Å²) in [4.78, 5) is 4.20. The lowest BCUT2D eigenvalue weighted by Gasteiger charge is -2.18. The summed E-state index contributed by atoms with van der Waals surface area (Å²) in [5.41, 5.74) is 2.02. The summed E-state index contributed by atoms with van der Waals surface area (Å²) in [7, 11) is 3.40. The van der Waals surface area contributed by atoms with Gasteiger partial charge in [0.1, 0.15) is 11.6 Å². The molecular weight excluding hydrogens is 305 g/mol. The van der Waals surface area contributed by atoms with Gasteiger partial charge in [0.05, 0.1) is 7.11 Å². The summed E-state index contributed by atoms with van der Waals surface area (Å²) in [6.45, 7) is 3.36. The van der Waals surface area contributed by atoms with Crippen LogP contribution in [0.2, 0.25) is 0 Å². The number of halogens is 1. The molecule has 0 aliphatic heterocycles. The van der Waals surface area contributed by atoms with Crippen molar-refractivity contribution in [2.75, 3.05) is 20.7 Å². The standard InChI is InChI=1S/C19H24FN3O/c1-14(17-9-4-5-10-18(17)24-3)12-22-19(21-2)23-13-15-7-6-8-16(20)11-15/h4-11,14H,12-13H2,1-3H3,(H2,21,22,23). The third kappa shape index (κ3) is 4.98. The van der Waals surface area contributed by atoms with E-state index in [9.17, 15) is 4.39 Å². The van der Waals surface area contributed by atoms with E-state index < -0.39 is 0 Å². The van der Waals surface area contributed by atoms with Crippen LogP contribution in [-0.4, -0.2) is 26.7 Å². The highest BCUT2D eigenvalue weighted by Crippen LogP contribution is 2.25. The Kier molecular flexibility index (Phi) is 6.61. The Bertz CT molecular complexity index is 688. The molecule has 5 heteroatoms. The Balaban J connectivity index is 1.89. The average Bonchev–Trinajstić information content (AvgIpc) is 2.61. The number of ether oxygens (including phenoxy) is 1. The number of benzene rings is 2. The van der Waals surface area contributed by atoms with Crippen LogP contribution in [0.5, 0.6) is 5.75 Å².